The lowest BCUT2D eigenvalue weighted by atomic mass is 10.1. The summed E-state index contributed by atoms with van der Waals surface area (Å²) in [6.07, 6.45) is 1.56. The first kappa shape index (κ1) is 22.9. The molecule has 0 unspecified atom stereocenters. The molecule has 0 aliphatic heterocycles. The fourth-order valence-corrected chi connectivity index (χ4v) is 3.15. The van der Waals surface area contributed by atoms with Gasteiger partial charge in [-0.15, -0.1) is 0 Å². The molecule has 0 fully saturated rings. The molecule has 7 nitrogen and oxygen atoms in total. The summed E-state index contributed by atoms with van der Waals surface area (Å²) >= 11 is 5.93. The zero-order valence-corrected chi connectivity index (χ0v) is 17.9. The highest BCUT2D eigenvalue weighted by Gasteiger charge is 2.16. The van der Waals surface area contributed by atoms with Gasteiger partial charge in [-0.25, -0.2) is 4.79 Å². The maximum atomic E-state index is 12.8. The average molecular weight is 422 g/mol. The summed E-state index contributed by atoms with van der Waals surface area (Å²) in [5.41, 5.74) is 0.656. The van der Waals surface area contributed by atoms with Crippen LogP contribution >= 0.6 is 11.6 Å². The molecular weight excluding hydrogens is 394 g/mol. The number of rotatable bonds is 9. The van der Waals surface area contributed by atoms with Gasteiger partial charge in [0.05, 0.1) is 12.2 Å². The number of aromatic nitrogens is 2. The van der Waals surface area contributed by atoms with Crippen molar-refractivity contribution in [2.45, 2.75) is 53.1 Å². The molecule has 1 aromatic carbocycles. The van der Waals surface area contributed by atoms with Crippen molar-refractivity contribution in [1.29, 1.82) is 0 Å². The second-order valence-electron chi connectivity index (χ2n) is 6.57. The van der Waals surface area contributed by atoms with Crippen LogP contribution in [0, 0.1) is 6.92 Å². The second kappa shape index (κ2) is 11.0. The highest BCUT2D eigenvalue weighted by atomic mass is 35.5. The van der Waals surface area contributed by atoms with E-state index in [4.69, 9.17) is 21.4 Å². The number of aliphatic hydroxyl groups is 1. The molecule has 0 aliphatic rings. The van der Waals surface area contributed by atoms with Gasteiger partial charge in [0.2, 0.25) is 0 Å². The molecule has 0 spiro atoms. The molecule has 158 valence electrons. The first-order chi connectivity index (χ1) is 13.9. The van der Waals surface area contributed by atoms with Gasteiger partial charge in [-0.1, -0.05) is 23.7 Å². The van der Waals surface area contributed by atoms with Crippen LogP contribution in [0.15, 0.2) is 38.8 Å². The Morgan fingerprint density at radius 2 is 1.86 bits per heavy atom. The van der Waals surface area contributed by atoms with Crippen molar-refractivity contribution in [3.8, 4) is 0 Å². The summed E-state index contributed by atoms with van der Waals surface area (Å²) in [4.78, 5) is 30.0. The Labute approximate surface area is 175 Å². The van der Waals surface area contributed by atoms with Crippen molar-refractivity contribution in [3.05, 3.63) is 61.3 Å². The van der Waals surface area contributed by atoms with Gasteiger partial charge in [-0.2, -0.15) is 4.99 Å². The van der Waals surface area contributed by atoms with Gasteiger partial charge in [0, 0.05) is 31.1 Å². The van der Waals surface area contributed by atoms with Crippen molar-refractivity contribution < 1.29 is 9.84 Å². The lowest BCUT2D eigenvalue weighted by Crippen LogP contribution is -2.41. The summed E-state index contributed by atoms with van der Waals surface area (Å²) < 4.78 is 8.31. The molecule has 1 heterocycles. The third-order valence-corrected chi connectivity index (χ3v) is 4.81. The van der Waals surface area contributed by atoms with E-state index in [-0.39, 0.29) is 18.7 Å². The minimum absolute atomic E-state index is 0.0872. The van der Waals surface area contributed by atoms with Crippen molar-refractivity contribution >= 4 is 23.3 Å². The van der Waals surface area contributed by atoms with Crippen LogP contribution in [-0.2, 0) is 24.2 Å². The molecule has 29 heavy (non-hydrogen) atoms. The molecule has 0 saturated heterocycles. The normalized spacial score (nSPS) is 11.7. The molecule has 0 radical (unpaired) electrons. The predicted molar refractivity (Wildman–Crippen MR) is 116 cm³/mol. The fourth-order valence-electron chi connectivity index (χ4n) is 3.03. The Morgan fingerprint density at radius 1 is 1.17 bits per heavy atom. The SMILES string of the molecule is CCOC(CCc1ccc(Cl)cc1)=Nc1c(C)c(=O)n(CCCO)c(=O)n1CC. The van der Waals surface area contributed by atoms with Crippen LogP contribution in [0.4, 0.5) is 5.82 Å². The van der Waals surface area contributed by atoms with Crippen LogP contribution in [0.1, 0.15) is 37.8 Å². The number of halogens is 1. The molecule has 0 saturated carbocycles. The first-order valence-electron chi connectivity index (χ1n) is 9.82. The first-order valence-corrected chi connectivity index (χ1v) is 10.2. The van der Waals surface area contributed by atoms with Crippen LogP contribution in [0.25, 0.3) is 0 Å². The van der Waals surface area contributed by atoms with Crippen LogP contribution in [-0.4, -0.2) is 33.4 Å². The Morgan fingerprint density at radius 3 is 2.45 bits per heavy atom. The number of nitrogens with zero attached hydrogens (tertiary/aromatic N) is 3. The Hall–Kier alpha value is -2.38. The number of hydrogen-bond donors (Lipinski definition) is 1. The van der Waals surface area contributed by atoms with Gasteiger partial charge >= 0.3 is 5.69 Å². The zero-order chi connectivity index (χ0) is 21.4. The van der Waals surface area contributed by atoms with Crippen LogP contribution < -0.4 is 11.2 Å². The summed E-state index contributed by atoms with van der Waals surface area (Å²) in [6.45, 7) is 6.24. The molecule has 1 aromatic heterocycles. The van der Waals surface area contributed by atoms with E-state index in [1.807, 2.05) is 38.1 Å². The molecule has 2 rings (SSSR count). The largest absolute Gasteiger partial charge is 0.481 e. The number of aliphatic imine (C=N–C) groups is 1. The third-order valence-electron chi connectivity index (χ3n) is 4.56. The number of benzene rings is 1. The Bertz CT molecular complexity index is 962. The van der Waals surface area contributed by atoms with E-state index in [0.29, 0.717) is 54.7 Å². The van der Waals surface area contributed by atoms with E-state index < -0.39 is 5.69 Å². The van der Waals surface area contributed by atoms with E-state index in [9.17, 15) is 9.59 Å². The highest BCUT2D eigenvalue weighted by molar-refractivity contribution is 6.30. The quantitative estimate of drug-likeness (QED) is 0.498. The van der Waals surface area contributed by atoms with E-state index in [1.54, 1.807) is 6.92 Å². The van der Waals surface area contributed by atoms with Gasteiger partial charge in [0.1, 0.15) is 5.82 Å². The molecule has 0 amide bonds. The molecule has 0 bridgehead atoms. The summed E-state index contributed by atoms with van der Waals surface area (Å²) in [5.74, 6) is 0.793. The number of hydrogen-bond acceptors (Lipinski definition) is 5. The highest BCUT2D eigenvalue weighted by Crippen LogP contribution is 2.17. The minimum atomic E-state index is -0.427. The van der Waals surface area contributed by atoms with Gasteiger partial charge in [0.15, 0.2) is 5.90 Å². The Kier molecular flexibility index (Phi) is 8.67. The minimum Gasteiger partial charge on any atom is -0.481 e. The standard InChI is InChI=1S/C21H28ClN3O4/c1-4-24-19(15(3)20(27)25(21(24)28)13-6-14-26)23-18(29-5-2)12-9-16-7-10-17(22)11-8-16/h7-8,10-11,26H,4-6,9,12-14H2,1-3H3. The van der Waals surface area contributed by atoms with Crippen LogP contribution in [0.5, 0.6) is 0 Å². The van der Waals surface area contributed by atoms with E-state index in [1.165, 1.54) is 4.57 Å². The fraction of sp³-hybridized carbons (Fsp3) is 0.476. The number of aryl methyl sites for hydroxylation is 1. The second-order valence-corrected chi connectivity index (χ2v) is 7.01. The van der Waals surface area contributed by atoms with Crippen molar-refractivity contribution in [3.63, 3.8) is 0 Å². The summed E-state index contributed by atoms with van der Waals surface area (Å²) in [5, 5.41) is 9.71. The summed E-state index contributed by atoms with van der Waals surface area (Å²) in [6, 6.07) is 7.56. The van der Waals surface area contributed by atoms with Crippen molar-refractivity contribution in [2.24, 2.45) is 4.99 Å². The maximum Gasteiger partial charge on any atom is 0.332 e. The Balaban J connectivity index is 2.42. The molecule has 8 heteroatoms. The lowest BCUT2D eigenvalue weighted by molar-refractivity contribution is 0.277. The number of ether oxygens (including phenoxy) is 1. The smallest absolute Gasteiger partial charge is 0.332 e. The molecule has 2 aromatic rings. The number of aliphatic hydroxyl groups excluding tert-OH is 1. The molecule has 1 N–H and O–H groups in total. The predicted octanol–water partition coefficient (Wildman–Crippen LogP) is 3.07. The van der Waals surface area contributed by atoms with Crippen LogP contribution in [0.3, 0.4) is 0 Å². The zero-order valence-electron chi connectivity index (χ0n) is 17.2. The molecule has 0 atom stereocenters. The van der Waals surface area contributed by atoms with Crippen molar-refractivity contribution in [1.82, 2.24) is 9.13 Å². The third kappa shape index (κ3) is 5.81. The maximum absolute atomic E-state index is 12.8. The molecule has 0 aliphatic carbocycles. The summed E-state index contributed by atoms with van der Waals surface area (Å²) in [7, 11) is 0. The average Bonchev–Trinajstić information content (AvgIpc) is 2.71. The van der Waals surface area contributed by atoms with E-state index in [0.717, 1.165) is 10.1 Å². The lowest BCUT2D eigenvalue weighted by Gasteiger charge is -2.15. The van der Waals surface area contributed by atoms with Gasteiger partial charge < -0.3 is 9.84 Å². The van der Waals surface area contributed by atoms with Gasteiger partial charge in [-0.3, -0.25) is 13.9 Å². The van der Waals surface area contributed by atoms with Crippen LogP contribution in [0.2, 0.25) is 5.02 Å². The van der Waals surface area contributed by atoms with Gasteiger partial charge in [-0.05, 0) is 51.3 Å². The van der Waals surface area contributed by atoms with E-state index >= 15 is 0 Å². The monoisotopic (exact) mass is 421 g/mol. The van der Waals surface area contributed by atoms with Crippen molar-refractivity contribution in [2.75, 3.05) is 13.2 Å². The topological polar surface area (TPSA) is 85.8 Å². The van der Waals surface area contributed by atoms with E-state index in [2.05, 4.69) is 4.99 Å². The van der Waals surface area contributed by atoms with Gasteiger partial charge in [0.25, 0.3) is 5.56 Å². The molecular formula is C21H28ClN3O4.